The van der Waals surface area contributed by atoms with Gasteiger partial charge in [0.25, 0.3) is 0 Å². The van der Waals surface area contributed by atoms with Gasteiger partial charge in [-0.3, -0.25) is 4.79 Å². The average Bonchev–Trinajstić information content (AvgIpc) is 2.27. The third-order valence-corrected chi connectivity index (χ3v) is 2.47. The summed E-state index contributed by atoms with van der Waals surface area (Å²) in [5.41, 5.74) is 1.88. The van der Waals surface area contributed by atoms with Crippen molar-refractivity contribution in [1.82, 2.24) is 9.97 Å². The van der Waals surface area contributed by atoms with E-state index in [1.54, 1.807) is 13.1 Å². The van der Waals surface area contributed by atoms with Crippen LogP contribution in [0.3, 0.4) is 0 Å². The lowest BCUT2D eigenvalue weighted by Gasteiger charge is -2.16. The molecule has 0 bridgehead atoms. The van der Waals surface area contributed by atoms with Crippen LogP contribution in [-0.4, -0.2) is 27.7 Å². The zero-order chi connectivity index (χ0) is 10.8. The number of carboxylic acid groups (broad SMARTS) is 1. The highest BCUT2D eigenvalue weighted by atomic mass is 16.5. The molecule has 0 spiro atoms. The second kappa shape index (κ2) is 3.94. The zero-order valence-corrected chi connectivity index (χ0v) is 8.43. The Morgan fingerprint density at radius 2 is 2.47 bits per heavy atom. The molecular formula is C10H12N2O3. The van der Waals surface area contributed by atoms with Crippen molar-refractivity contribution in [3.63, 3.8) is 0 Å². The number of fused-ring (bicyclic) bond motifs is 1. The summed E-state index contributed by atoms with van der Waals surface area (Å²) >= 11 is 0. The van der Waals surface area contributed by atoms with E-state index in [1.807, 2.05) is 0 Å². The second-order valence-electron chi connectivity index (χ2n) is 3.56. The molecular weight excluding hydrogens is 196 g/mol. The average molecular weight is 208 g/mol. The molecule has 1 aliphatic heterocycles. The minimum absolute atomic E-state index is 0.378. The van der Waals surface area contributed by atoms with Gasteiger partial charge in [0.05, 0.1) is 18.9 Å². The van der Waals surface area contributed by atoms with E-state index in [9.17, 15) is 4.79 Å². The van der Waals surface area contributed by atoms with Crippen LogP contribution in [0.1, 0.15) is 29.9 Å². The molecule has 0 saturated heterocycles. The van der Waals surface area contributed by atoms with E-state index >= 15 is 0 Å². The molecule has 1 N–H and O–H groups in total. The SMILES string of the molecule is CC(C(=O)O)c1ncc2c(n1)CCOC2. The van der Waals surface area contributed by atoms with Crippen LogP contribution in [0.4, 0.5) is 0 Å². The van der Waals surface area contributed by atoms with E-state index in [0.717, 1.165) is 17.7 Å². The van der Waals surface area contributed by atoms with Crippen LogP contribution in [0.25, 0.3) is 0 Å². The third-order valence-electron chi connectivity index (χ3n) is 2.47. The van der Waals surface area contributed by atoms with Crippen LogP contribution in [0.2, 0.25) is 0 Å². The Balaban J connectivity index is 2.31. The summed E-state index contributed by atoms with van der Waals surface area (Å²) in [5.74, 6) is -1.18. The second-order valence-corrected chi connectivity index (χ2v) is 3.56. The molecule has 1 unspecified atom stereocenters. The van der Waals surface area contributed by atoms with Gasteiger partial charge in [-0.2, -0.15) is 0 Å². The number of carboxylic acids is 1. The molecule has 0 aromatic carbocycles. The predicted octanol–water partition coefficient (Wildman–Crippen LogP) is 0.737. The molecule has 1 atom stereocenters. The van der Waals surface area contributed by atoms with Gasteiger partial charge in [0.2, 0.25) is 0 Å². The summed E-state index contributed by atoms with van der Waals surface area (Å²) in [6, 6.07) is 0. The standard InChI is InChI=1S/C10H12N2O3/c1-6(10(13)14)9-11-4-7-5-15-3-2-8(7)12-9/h4,6H,2-3,5H2,1H3,(H,13,14). The van der Waals surface area contributed by atoms with Crippen LogP contribution >= 0.6 is 0 Å². The molecule has 80 valence electrons. The molecule has 2 rings (SSSR count). The molecule has 5 nitrogen and oxygen atoms in total. The first kappa shape index (κ1) is 10.0. The number of aromatic nitrogens is 2. The number of nitrogens with zero attached hydrogens (tertiary/aromatic N) is 2. The molecule has 0 saturated carbocycles. The van der Waals surface area contributed by atoms with E-state index < -0.39 is 11.9 Å². The first-order valence-electron chi connectivity index (χ1n) is 4.83. The molecule has 1 aromatic rings. The van der Waals surface area contributed by atoms with Gasteiger partial charge in [-0.15, -0.1) is 0 Å². The molecule has 0 amide bonds. The predicted molar refractivity (Wildman–Crippen MR) is 51.4 cm³/mol. The van der Waals surface area contributed by atoms with Crippen molar-refractivity contribution in [3.8, 4) is 0 Å². The summed E-state index contributed by atoms with van der Waals surface area (Å²) in [5, 5.41) is 8.83. The number of hydrogen-bond donors (Lipinski definition) is 1. The molecule has 2 heterocycles. The summed E-state index contributed by atoms with van der Waals surface area (Å²) in [7, 11) is 0. The van der Waals surface area contributed by atoms with Crippen molar-refractivity contribution in [2.45, 2.75) is 25.9 Å². The van der Waals surface area contributed by atoms with Crippen LogP contribution in [0.15, 0.2) is 6.20 Å². The highest BCUT2D eigenvalue weighted by molar-refractivity contribution is 5.74. The maximum atomic E-state index is 10.8. The first-order valence-corrected chi connectivity index (χ1v) is 4.83. The van der Waals surface area contributed by atoms with E-state index in [2.05, 4.69) is 9.97 Å². The molecule has 15 heavy (non-hydrogen) atoms. The van der Waals surface area contributed by atoms with Crippen molar-refractivity contribution in [3.05, 3.63) is 23.3 Å². The van der Waals surface area contributed by atoms with Crippen molar-refractivity contribution in [2.75, 3.05) is 6.61 Å². The number of ether oxygens (including phenoxy) is 1. The fraction of sp³-hybridized carbons (Fsp3) is 0.500. The Morgan fingerprint density at radius 3 is 3.20 bits per heavy atom. The molecule has 1 aromatic heterocycles. The third kappa shape index (κ3) is 1.97. The van der Waals surface area contributed by atoms with Gasteiger partial charge in [0.1, 0.15) is 11.7 Å². The van der Waals surface area contributed by atoms with E-state index in [4.69, 9.17) is 9.84 Å². The van der Waals surface area contributed by atoms with Gasteiger partial charge in [0, 0.05) is 18.2 Å². The van der Waals surface area contributed by atoms with Gasteiger partial charge in [-0.05, 0) is 6.92 Å². The van der Waals surface area contributed by atoms with E-state index in [-0.39, 0.29) is 0 Å². The van der Waals surface area contributed by atoms with Crippen molar-refractivity contribution >= 4 is 5.97 Å². The molecule has 0 radical (unpaired) electrons. The Bertz CT molecular complexity index is 392. The lowest BCUT2D eigenvalue weighted by atomic mass is 10.1. The van der Waals surface area contributed by atoms with Crippen LogP contribution in [0.5, 0.6) is 0 Å². The summed E-state index contributed by atoms with van der Waals surface area (Å²) < 4.78 is 5.25. The molecule has 5 heteroatoms. The monoisotopic (exact) mass is 208 g/mol. The lowest BCUT2D eigenvalue weighted by Crippen LogP contribution is -2.17. The van der Waals surface area contributed by atoms with Gasteiger partial charge < -0.3 is 9.84 Å². The van der Waals surface area contributed by atoms with E-state index in [0.29, 0.717) is 19.0 Å². The number of rotatable bonds is 2. The normalized spacial score (nSPS) is 16.9. The summed E-state index contributed by atoms with van der Waals surface area (Å²) in [6.07, 6.45) is 2.40. The fourth-order valence-corrected chi connectivity index (χ4v) is 1.46. The number of carbonyl (C=O) groups is 1. The maximum Gasteiger partial charge on any atom is 0.313 e. The van der Waals surface area contributed by atoms with Crippen LogP contribution in [-0.2, 0) is 22.6 Å². The van der Waals surface area contributed by atoms with E-state index in [1.165, 1.54) is 0 Å². The minimum Gasteiger partial charge on any atom is -0.481 e. The Labute approximate surface area is 87.1 Å². The highest BCUT2D eigenvalue weighted by Crippen LogP contribution is 2.17. The summed E-state index contributed by atoms with van der Waals surface area (Å²) in [4.78, 5) is 19.1. The van der Waals surface area contributed by atoms with Gasteiger partial charge in [-0.1, -0.05) is 0 Å². The Kier molecular flexibility index (Phi) is 2.64. The Morgan fingerprint density at radius 1 is 1.67 bits per heavy atom. The first-order chi connectivity index (χ1) is 7.18. The quantitative estimate of drug-likeness (QED) is 0.775. The van der Waals surface area contributed by atoms with Crippen molar-refractivity contribution in [2.24, 2.45) is 0 Å². The maximum absolute atomic E-state index is 10.8. The number of aliphatic carboxylic acids is 1. The fourth-order valence-electron chi connectivity index (χ4n) is 1.46. The van der Waals surface area contributed by atoms with Gasteiger partial charge >= 0.3 is 5.97 Å². The van der Waals surface area contributed by atoms with Crippen molar-refractivity contribution in [1.29, 1.82) is 0 Å². The summed E-state index contributed by atoms with van der Waals surface area (Å²) in [6.45, 7) is 2.76. The van der Waals surface area contributed by atoms with Crippen molar-refractivity contribution < 1.29 is 14.6 Å². The lowest BCUT2D eigenvalue weighted by molar-refractivity contribution is -0.138. The molecule has 1 aliphatic rings. The van der Waals surface area contributed by atoms with Crippen LogP contribution in [0, 0.1) is 0 Å². The zero-order valence-electron chi connectivity index (χ0n) is 8.43. The highest BCUT2D eigenvalue weighted by Gasteiger charge is 2.19. The van der Waals surface area contributed by atoms with Crippen LogP contribution < -0.4 is 0 Å². The topological polar surface area (TPSA) is 72.3 Å². The van der Waals surface area contributed by atoms with Gasteiger partial charge in [-0.25, -0.2) is 9.97 Å². The largest absolute Gasteiger partial charge is 0.481 e. The molecule has 0 fully saturated rings. The Hall–Kier alpha value is -1.49. The van der Waals surface area contributed by atoms with Gasteiger partial charge in [0.15, 0.2) is 0 Å². The smallest absolute Gasteiger partial charge is 0.313 e. The molecule has 0 aliphatic carbocycles. The number of hydrogen-bond acceptors (Lipinski definition) is 4. The minimum atomic E-state index is -0.901.